The SMILES string of the molecule is C=C.CC.CC.CC.COc1cc(C)cnc1NC1=NCC(CC(C)=O)=CS1. The number of thioether (sulfide) groups is 1. The Morgan fingerprint density at radius 3 is 2.21 bits per heavy atom. The van der Waals surface area contributed by atoms with Crippen LogP contribution in [0.15, 0.2) is 41.4 Å². The Morgan fingerprint density at radius 1 is 1.21 bits per heavy atom. The van der Waals surface area contributed by atoms with Crippen LogP contribution in [0.5, 0.6) is 5.75 Å². The van der Waals surface area contributed by atoms with Gasteiger partial charge in [-0.05, 0) is 36.5 Å². The molecule has 2 heterocycles. The van der Waals surface area contributed by atoms with E-state index >= 15 is 0 Å². The van der Waals surface area contributed by atoms with E-state index in [9.17, 15) is 4.79 Å². The molecular weight excluding hydrogens is 370 g/mol. The maximum absolute atomic E-state index is 11.1. The lowest BCUT2D eigenvalue weighted by molar-refractivity contribution is -0.116. The van der Waals surface area contributed by atoms with E-state index in [4.69, 9.17) is 4.74 Å². The number of methoxy groups -OCH3 is 1. The maximum Gasteiger partial charge on any atom is 0.174 e. The fraction of sp³-hybridized carbons (Fsp3) is 0.500. The quantitative estimate of drug-likeness (QED) is 0.563. The van der Waals surface area contributed by atoms with Crippen molar-refractivity contribution in [3.63, 3.8) is 0 Å². The first-order valence-electron chi connectivity index (χ1n) is 9.74. The molecule has 1 aromatic heterocycles. The van der Waals surface area contributed by atoms with Gasteiger partial charge in [0.25, 0.3) is 0 Å². The predicted octanol–water partition coefficient (Wildman–Crippen LogP) is 6.66. The lowest BCUT2D eigenvalue weighted by Crippen LogP contribution is -2.14. The Labute approximate surface area is 176 Å². The molecule has 0 aromatic carbocycles. The van der Waals surface area contributed by atoms with Crippen molar-refractivity contribution in [2.75, 3.05) is 19.0 Å². The zero-order valence-corrected chi connectivity index (χ0v) is 20.0. The van der Waals surface area contributed by atoms with E-state index in [0.29, 0.717) is 24.5 Å². The number of aryl methyl sites for hydroxylation is 1. The van der Waals surface area contributed by atoms with E-state index < -0.39 is 0 Å². The molecule has 2 rings (SSSR count). The summed E-state index contributed by atoms with van der Waals surface area (Å²) in [6, 6.07) is 1.92. The molecule has 0 spiro atoms. The summed E-state index contributed by atoms with van der Waals surface area (Å²) in [6.07, 6.45) is 2.24. The van der Waals surface area contributed by atoms with Gasteiger partial charge < -0.3 is 10.1 Å². The van der Waals surface area contributed by atoms with Crippen molar-refractivity contribution in [3.8, 4) is 5.75 Å². The summed E-state index contributed by atoms with van der Waals surface area (Å²) in [7, 11) is 1.61. The van der Waals surface area contributed by atoms with Crippen molar-refractivity contribution in [2.24, 2.45) is 4.99 Å². The smallest absolute Gasteiger partial charge is 0.174 e. The minimum Gasteiger partial charge on any atom is -0.493 e. The highest BCUT2D eigenvalue weighted by Crippen LogP contribution is 2.26. The van der Waals surface area contributed by atoms with Crippen LogP contribution in [0.1, 0.15) is 60.5 Å². The van der Waals surface area contributed by atoms with Gasteiger partial charge in [0.2, 0.25) is 0 Å². The third-order valence-electron chi connectivity index (χ3n) is 2.67. The second kappa shape index (κ2) is 21.2. The first-order chi connectivity index (χ1) is 13.6. The first-order valence-corrected chi connectivity index (χ1v) is 10.6. The van der Waals surface area contributed by atoms with Gasteiger partial charge in [-0.15, -0.1) is 13.2 Å². The molecule has 0 aliphatic carbocycles. The molecule has 0 radical (unpaired) electrons. The molecule has 1 aromatic rings. The standard InChI is InChI=1S/C14H17N3O2S.3C2H6.C2H4/c1-9-4-12(19-3)13(15-6-9)17-14-16-7-11(8-20-14)5-10(2)18;4*1-2/h4,6,8H,5,7H2,1-3H3,(H,15,16,17);3*1-2H3;1-2H2. The summed E-state index contributed by atoms with van der Waals surface area (Å²) >= 11 is 1.46. The van der Waals surface area contributed by atoms with Crippen LogP contribution in [-0.2, 0) is 4.79 Å². The van der Waals surface area contributed by atoms with Gasteiger partial charge in [0.15, 0.2) is 16.7 Å². The van der Waals surface area contributed by atoms with Crippen molar-refractivity contribution in [1.82, 2.24) is 4.98 Å². The summed E-state index contributed by atoms with van der Waals surface area (Å²) in [5.41, 5.74) is 2.08. The normalized spacial score (nSPS) is 11.0. The van der Waals surface area contributed by atoms with Crippen molar-refractivity contribution >= 4 is 28.5 Å². The number of ether oxygens (including phenoxy) is 1. The van der Waals surface area contributed by atoms with E-state index in [2.05, 4.69) is 28.5 Å². The van der Waals surface area contributed by atoms with Gasteiger partial charge in [0, 0.05) is 12.6 Å². The molecule has 0 atom stereocenters. The molecule has 0 saturated heterocycles. The summed E-state index contributed by atoms with van der Waals surface area (Å²) in [4.78, 5) is 19.8. The lowest BCUT2D eigenvalue weighted by Gasteiger charge is -2.15. The van der Waals surface area contributed by atoms with Crippen LogP contribution in [0.2, 0.25) is 0 Å². The van der Waals surface area contributed by atoms with E-state index in [1.807, 2.05) is 59.9 Å². The number of aliphatic imine (C=N–C) groups is 1. The molecule has 1 aliphatic heterocycles. The molecule has 5 nitrogen and oxygen atoms in total. The number of nitrogens with one attached hydrogen (secondary N) is 1. The summed E-state index contributed by atoms with van der Waals surface area (Å²) in [6.45, 7) is 22.1. The summed E-state index contributed by atoms with van der Waals surface area (Å²) in [5, 5.41) is 5.87. The molecule has 6 heteroatoms. The van der Waals surface area contributed by atoms with Crippen LogP contribution in [0.3, 0.4) is 0 Å². The third-order valence-corrected chi connectivity index (χ3v) is 3.58. The molecule has 0 fully saturated rings. The molecule has 0 amide bonds. The van der Waals surface area contributed by atoms with E-state index in [1.165, 1.54) is 11.8 Å². The number of rotatable bonds is 4. The van der Waals surface area contributed by atoms with E-state index in [1.54, 1.807) is 20.2 Å². The van der Waals surface area contributed by atoms with Crippen LogP contribution < -0.4 is 10.1 Å². The monoisotopic (exact) mass is 409 g/mol. The Morgan fingerprint density at radius 2 is 1.79 bits per heavy atom. The zero-order chi connectivity index (χ0) is 22.5. The fourth-order valence-electron chi connectivity index (χ4n) is 1.77. The van der Waals surface area contributed by atoms with Gasteiger partial charge in [-0.2, -0.15) is 0 Å². The largest absolute Gasteiger partial charge is 0.493 e. The van der Waals surface area contributed by atoms with Gasteiger partial charge in [-0.25, -0.2) is 4.98 Å². The highest BCUT2D eigenvalue weighted by Gasteiger charge is 2.12. The topological polar surface area (TPSA) is 63.6 Å². The van der Waals surface area contributed by atoms with Gasteiger partial charge in [0.05, 0.1) is 13.7 Å². The van der Waals surface area contributed by atoms with Crippen LogP contribution >= 0.6 is 11.8 Å². The average molecular weight is 410 g/mol. The molecule has 1 N–H and O–H groups in total. The molecular formula is C22H39N3O2S. The van der Waals surface area contributed by atoms with Gasteiger partial charge in [0.1, 0.15) is 5.78 Å². The zero-order valence-electron chi connectivity index (χ0n) is 19.2. The molecule has 1 aliphatic rings. The molecule has 160 valence electrons. The minimum absolute atomic E-state index is 0.158. The second-order valence-electron chi connectivity index (χ2n) is 4.58. The number of nitrogens with zero attached hydrogens (tertiary/aromatic N) is 2. The predicted molar refractivity (Wildman–Crippen MR) is 128 cm³/mol. The number of anilines is 1. The summed E-state index contributed by atoms with van der Waals surface area (Å²) in [5.74, 6) is 1.49. The van der Waals surface area contributed by atoms with Crippen LogP contribution in [0.25, 0.3) is 0 Å². The van der Waals surface area contributed by atoms with Gasteiger partial charge in [-0.1, -0.05) is 53.3 Å². The molecule has 0 bridgehead atoms. The molecule has 28 heavy (non-hydrogen) atoms. The van der Waals surface area contributed by atoms with Crippen LogP contribution in [0.4, 0.5) is 5.82 Å². The highest BCUT2D eigenvalue weighted by atomic mass is 32.2. The highest BCUT2D eigenvalue weighted by molar-refractivity contribution is 8.16. The fourth-order valence-corrected chi connectivity index (χ4v) is 2.50. The number of carbonyl (C=O) groups is 1. The number of aromatic nitrogens is 1. The number of pyridine rings is 1. The van der Waals surface area contributed by atoms with Crippen molar-refractivity contribution in [3.05, 3.63) is 42.0 Å². The average Bonchev–Trinajstić information content (AvgIpc) is 2.76. The number of hydrogen-bond acceptors (Lipinski definition) is 6. The summed E-state index contributed by atoms with van der Waals surface area (Å²) < 4.78 is 5.29. The number of amidine groups is 1. The molecule has 0 saturated carbocycles. The number of Topliss-reactive ketones (excluding diaryl/α,β-unsaturated/α-hetero) is 1. The van der Waals surface area contributed by atoms with Crippen molar-refractivity contribution < 1.29 is 9.53 Å². The Kier molecular flexibility index (Phi) is 23.2. The third kappa shape index (κ3) is 13.1. The maximum atomic E-state index is 11.1. The Bertz CT molecular complexity index is 599. The lowest BCUT2D eigenvalue weighted by atomic mass is 10.2. The van der Waals surface area contributed by atoms with Crippen molar-refractivity contribution in [1.29, 1.82) is 0 Å². The van der Waals surface area contributed by atoms with E-state index in [-0.39, 0.29) is 5.78 Å². The Hall–Kier alpha value is -2.08. The van der Waals surface area contributed by atoms with E-state index in [0.717, 1.165) is 16.3 Å². The minimum atomic E-state index is 0.158. The number of ketones is 1. The molecule has 0 unspecified atom stereocenters. The number of hydrogen-bond donors (Lipinski definition) is 1. The van der Waals surface area contributed by atoms with Crippen molar-refractivity contribution in [2.45, 2.75) is 61.8 Å². The van der Waals surface area contributed by atoms with Crippen LogP contribution in [0, 0.1) is 6.92 Å². The first kappa shape index (κ1) is 30.6. The second-order valence-corrected chi connectivity index (χ2v) is 5.44. The van der Waals surface area contributed by atoms with Gasteiger partial charge >= 0.3 is 0 Å². The number of carbonyl (C=O) groups excluding carboxylic acids is 1. The van der Waals surface area contributed by atoms with Gasteiger partial charge in [-0.3, -0.25) is 9.79 Å². The van der Waals surface area contributed by atoms with Crippen LogP contribution in [-0.4, -0.2) is 29.6 Å². The Balaban J connectivity index is -0.000000695.